The van der Waals surface area contributed by atoms with Gasteiger partial charge in [-0.15, -0.1) is 0 Å². The summed E-state index contributed by atoms with van der Waals surface area (Å²) < 4.78 is 31.9. The lowest BCUT2D eigenvalue weighted by Crippen LogP contribution is -2.17. The molecule has 0 aliphatic heterocycles. The predicted molar refractivity (Wildman–Crippen MR) is 65.2 cm³/mol. The summed E-state index contributed by atoms with van der Waals surface area (Å²) in [5, 5.41) is 0. The first-order valence-corrected chi connectivity index (χ1v) is 5.75. The molecule has 0 heterocycles. The zero-order valence-electron chi connectivity index (χ0n) is 10.5. The summed E-state index contributed by atoms with van der Waals surface area (Å²) in [6, 6.07) is 5.02. The van der Waals surface area contributed by atoms with Gasteiger partial charge in [-0.2, -0.15) is 0 Å². The SMILES string of the molecule is C=C(C(=O)OC(C)CC)C(F)c1cccc(F)c1. The minimum atomic E-state index is -1.75. The zero-order chi connectivity index (χ0) is 13.7. The molecule has 2 unspecified atom stereocenters. The number of carbonyl (C=O) groups is 1. The predicted octanol–water partition coefficient (Wildman–Crippen LogP) is 3.73. The van der Waals surface area contributed by atoms with Crippen LogP contribution in [-0.2, 0) is 9.53 Å². The molecule has 0 aromatic heterocycles. The van der Waals surface area contributed by atoms with Gasteiger partial charge in [-0.25, -0.2) is 13.6 Å². The Balaban J connectivity index is 2.75. The minimum Gasteiger partial charge on any atom is -0.459 e. The lowest BCUT2D eigenvalue weighted by molar-refractivity contribution is -0.144. The highest BCUT2D eigenvalue weighted by Crippen LogP contribution is 2.26. The van der Waals surface area contributed by atoms with Crippen LogP contribution < -0.4 is 0 Å². The Morgan fingerprint density at radius 2 is 2.17 bits per heavy atom. The first-order chi connectivity index (χ1) is 8.45. The zero-order valence-corrected chi connectivity index (χ0v) is 10.5. The number of alkyl halides is 1. The van der Waals surface area contributed by atoms with Crippen LogP contribution in [0, 0.1) is 5.82 Å². The lowest BCUT2D eigenvalue weighted by atomic mass is 10.0. The average Bonchev–Trinajstić information content (AvgIpc) is 2.36. The smallest absolute Gasteiger partial charge is 0.336 e. The van der Waals surface area contributed by atoms with Crippen LogP contribution in [0.15, 0.2) is 36.4 Å². The summed E-state index contributed by atoms with van der Waals surface area (Å²) in [7, 11) is 0. The third-order valence-electron chi connectivity index (χ3n) is 2.59. The molecule has 1 aromatic rings. The van der Waals surface area contributed by atoms with E-state index in [2.05, 4.69) is 6.58 Å². The van der Waals surface area contributed by atoms with E-state index in [1.54, 1.807) is 6.92 Å². The maximum absolute atomic E-state index is 13.9. The van der Waals surface area contributed by atoms with E-state index in [4.69, 9.17) is 4.74 Å². The number of carbonyl (C=O) groups excluding carboxylic acids is 1. The standard InChI is InChI=1S/C14H16F2O2/c1-4-9(2)18-14(17)10(3)13(16)11-6-5-7-12(15)8-11/h5-9,13H,3-4H2,1-2H3. The van der Waals surface area contributed by atoms with Gasteiger partial charge in [-0.1, -0.05) is 25.6 Å². The molecule has 0 aliphatic rings. The van der Waals surface area contributed by atoms with E-state index in [0.29, 0.717) is 6.42 Å². The maximum Gasteiger partial charge on any atom is 0.336 e. The molecule has 0 amide bonds. The van der Waals surface area contributed by atoms with Crippen molar-refractivity contribution in [1.29, 1.82) is 0 Å². The van der Waals surface area contributed by atoms with Gasteiger partial charge >= 0.3 is 5.97 Å². The fraction of sp³-hybridized carbons (Fsp3) is 0.357. The van der Waals surface area contributed by atoms with Crippen molar-refractivity contribution in [3.8, 4) is 0 Å². The van der Waals surface area contributed by atoms with Crippen LogP contribution in [0.1, 0.15) is 32.0 Å². The van der Waals surface area contributed by atoms with Crippen LogP contribution in [-0.4, -0.2) is 12.1 Å². The number of hydrogen-bond donors (Lipinski definition) is 0. The summed E-state index contributed by atoms with van der Waals surface area (Å²) >= 11 is 0. The normalized spacial score (nSPS) is 13.8. The molecule has 0 radical (unpaired) electrons. The number of rotatable bonds is 5. The van der Waals surface area contributed by atoms with E-state index in [9.17, 15) is 13.6 Å². The van der Waals surface area contributed by atoms with Crippen molar-refractivity contribution in [3.05, 3.63) is 47.8 Å². The van der Waals surface area contributed by atoms with Crippen molar-refractivity contribution in [2.45, 2.75) is 32.5 Å². The van der Waals surface area contributed by atoms with E-state index >= 15 is 0 Å². The molecule has 1 rings (SSSR count). The van der Waals surface area contributed by atoms with Crippen molar-refractivity contribution in [2.75, 3.05) is 0 Å². The Kier molecular flexibility index (Phi) is 5.01. The minimum absolute atomic E-state index is 0.0566. The van der Waals surface area contributed by atoms with Gasteiger partial charge in [0.05, 0.1) is 11.7 Å². The maximum atomic E-state index is 13.9. The second kappa shape index (κ2) is 6.28. The molecule has 0 bridgehead atoms. The van der Waals surface area contributed by atoms with E-state index in [1.165, 1.54) is 18.2 Å². The lowest BCUT2D eigenvalue weighted by Gasteiger charge is -2.15. The average molecular weight is 254 g/mol. The van der Waals surface area contributed by atoms with Crippen LogP contribution in [0.3, 0.4) is 0 Å². The summed E-state index contributed by atoms with van der Waals surface area (Å²) in [5.74, 6) is -1.35. The second-order valence-electron chi connectivity index (χ2n) is 4.07. The van der Waals surface area contributed by atoms with Crippen LogP contribution in [0.25, 0.3) is 0 Å². The highest BCUT2D eigenvalue weighted by molar-refractivity contribution is 5.89. The summed E-state index contributed by atoms with van der Waals surface area (Å²) in [4.78, 5) is 11.6. The Morgan fingerprint density at radius 1 is 1.50 bits per heavy atom. The first kappa shape index (κ1) is 14.4. The molecular formula is C14H16F2O2. The molecule has 0 saturated heterocycles. The van der Waals surface area contributed by atoms with Crippen molar-refractivity contribution >= 4 is 5.97 Å². The first-order valence-electron chi connectivity index (χ1n) is 5.75. The summed E-state index contributed by atoms with van der Waals surface area (Å²) in [5.41, 5.74) is -0.262. The van der Waals surface area contributed by atoms with Gasteiger partial charge < -0.3 is 4.74 Å². The molecule has 0 aliphatic carbocycles. The van der Waals surface area contributed by atoms with Gasteiger partial charge in [0.15, 0.2) is 6.17 Å². The monoisotopic (exact) mass is 254 g/mol. The Hall–Kier alpha value is -1.71. The van der Waals surface area contributed by atoms with Gasteiger partial charge in [0, 0.05) is 0 Å². The Labute approximate surface area is 105 Å². The van der Waals surface area contributed by atoms with Gasteiger partial charge in [0.2, 0.25) is 0 Å². The van der Waals surface area contributed by atoms with Crippen LogP contribution in [0.2, 0.25) is 0 Å². The van der Waals surface area contributed by atoms with Crippen LogP contribution in [0.4, 0.5) is 8.78 Å². The van der Waals surface area contributed by atoms with Crippen LogP contribution in [0.5, 0.6) is 0 Å². The van der Waals surface area contributed by atoms with Crippen molar-refractivity contribution < 1.29 is 18.3 Å². The van der Waals surface area contributed by atoms with Gasteiger partial charge in [-0.3, -0.25) is 0 Å². The molecule has 2 nitrogen and oxygen atoms in total. The van der Waals surface area contributed by atoms with Gasteiger partial charge in [0.25, 0.3) is 0 Å². The molecule has 1 aromatic carbocycles. The molecule has 2 atom stereocenters. The number of benzene rings is 1. The van der Waals surface area contributed by atoms with Crippen molar-refractivity contribution in [2.24, 2.45) is 0 Å². The molecule has 98 valence electrons. The van der Waals surface area contributed by atoms with Crippen molar-refractivity contribution in [3.63, 3.8) is 0 Å². The number of hydrogen-bond acceptors (Lipinski definition) is 2. The number of ether oxygens (including phenoxy) is 1. The van der Waals surface area contributed by atoms with E-state index in [-0.39, 0.29) is 17.2 Å². The molecule has 0 fully saturated rings. The largest absolute Gasteiger partial charge is 0.459 e. The van der Waals surface area contributed by atoms with Gasteiger partial charge in [0.1, 0.15) is 5.82 Å². The van der Waals surface area contributed by atoms with E-state index < -0.39 is 18.0 Å². The third kappa shape index (κ3) is 3.65. The fourth-order valence-corrected chi connectivity index (χ4v) is 1.31. The number of esters is 1. The molecule has 0 spiro atoms. The molecule has 0 N–H and O–H groups in total. The third-order valence-corrected chi connectivity index (χ3v) is 2.59. The Bertz CT molecular complexity index is 443. The number of halogens is 2. The molecular weight excluding hydrogens is 238 g/mol. The van der Waals surface area contributed by atoms with Crippen LogP contribution >= 0.6 is 0 Å². The quantitative estimate of drug-likeness (QED) is 0.591. The molecule has 18 heavy (non-hydrogen) atoms. The van der Waals surface area contributed by atoms with E-state index in [1.807, 2.05) is 6.92 Å². The summed E-state index contributed by atoms with van der Waals surface area (Å²) in [6.07, 6.45) is -1.41. The highest BCUT2D eigenvalue weighted by Gasteiger charge is 2.23. The van der Waals surface area contributed by atoms with Crippen molar-refractivity contribution in [1.82, 2.24) is 0 Å². The molecule has 0 saturated carbocycles. The highest BCUT2D eigenvalue weighted by atomic mass is 19.1. The van der Waals surface area contributed by atoms with E-state index in [0.717, 1.165) is 6.07 Å². The fourth-order valence-electron chi connectivity index (χ4n) is 1.31. The molecule has 4 heteroatoms. The summed E-state index contributed by atoms with van der Waals surface area (Å²) in [6.45, 7) is 6.93. The second-order valence-corrected chi connectivity index (χ2v) is 4.07. The Morgan fingerprint density at radius 3 is 2.72 bits per heavy atom. The topological polar surface area (TPSA) is 26.3 Å². The van der Waals surface area contributed by atoms with Gasteiger partial charge in [-0.05, 0) is 31.0 Å².